The average molecular weight is 303 g/mol. The molecule has 1 heteroatoms. The molecule has 0 aromatic carbocycles. The first-order valence-corrected chi connectivity index (χ1v) is 10.00. The molecule has 0 bridgehead atoms. The molecule has 8 atom stereocenters. The summed E-state index contributed by atoms with van der Waals surface area (Å²) >= 11 is 0. The predicted molar refractivity (Wildman–Crippen MR) is 90.4 cm³/mol. The van der Waals surface area contributed by atoms with Crippen LogP contribution in [0.1, 0.15) is 78.6 Å². The Morgan fingerprint density at radius 1 is 0.864 bits per heavy atom. The molecule has 1 nitrogen and oxygen atoms in total. The van der Waals surface area contributed by atoms with E-state index >= 15 is 0 Å². The van der Waals surface area contributed by atoms with E-state index in [1.807, 2.05) is 6.92 Å². The molecular weight excluding hydrogens is 268 g/mol. The van der Waals surface area contributed by atoms with E-state index in [2.05, 4.69) is 13.8 Å². The van der Waals surface area contributed by atoms with Crippen molar-refractivity contribution in [3.05, 3.63) is 0 Å². The first kappa shape index (κ1) is 15.2. The molecule has 4 fully saturated rings. The van der Waals surface area contributed by atoms with Crippen LogP contribution in [0, 0.1) is 46.8 Å². The van der Waals surface area contributed by atoms with Crippen LogP contribution >= 0.6 is 0 Å². The van der Waals surface area contributed by atoms with Gasteiger partial charge in [0, 0.05) is 5.92 Å². The third-order valence-electron chi connectivity index (χ3n) is 8.58. The van der Waals surface area contributed by atoms with Crippen LogP contribution in [0.15, 0.2) is 0 Å². The minimum Gasteiger partial charge on any atom is -0.300 e. The van der Waals surface area contributed by atoms with Crippen LogP contribution in [-0.4, -0.2) is 5.78 Å². The maximum atomic E-state index is 12.0. The molecule has 0 amide bonds. The van der Waals surface area contributed by atoms with E-state index in [1.54, 1.807) is 0 Å². The Hall–Kier alpha value is -0.330. The normalized spacial score (nSPS) is 54.2. The van der Waals surface area contributed by atoms with Crippen molar-refractivity contribution in [2.75, 3.05) is 0 Å². The second-order valence-corrected chi connectivity index (χ2v) is 9.71. The van der Waals surface area contributed by atoms with Crippen molar-refractivity contribution in [1.82, 2.24) is 0 Å². The van der Waals surface area contributed by atoms with Crippen LogP contribution in [0.25, 0.3) is 0 Å². The van der Waals surface area contributed by atoms with Gasteiger partial charge in [-0.05, 0) is 99.2 Å². The molecule has 0 heterocycles. The minimum absolute atomic E-state index is 0.422. The Morgan fingerprint density at radius 3 is 2.32 bits per heavy atom. The van der Waals surface area contributed by atoms with Gasteiger partial charge < -0.3 is 0 Å². The summed E-state index contributed by atoms with van der Waals surface area (Å²) in [4.78, 5) is 12.0. The Balaban J connectivity index is 1.55. The fourth-order valence-electron chi connectivity index (χ4n) is 7.77. The lowest BCUT2D eigenvalue weighted by Crippen LogP contribution is -2.49. The number of fused-ring (bicyclic) bond motifs is 5. The zero-order chi connectivity index (χ0) is 15.5. The van der Waals surface area contributed by atoms with Gasteiger partial charge in [0.2, 0.25) is 0 Å². The highest BCUT2D eigenvalue weighted by molar-refractivity contribution is 5.79. The summed E-state index contributed by atoms with van der Waals surface area (Å²) in [6, 6.07) is 0. The van der Waals surface area contributed by atoms with E-state index in [9.17, 15) is 4.79 Å². The number of ketones is 1. The standard InChI is InChI=1S/C21H34O/c1-13-4-9-20-19-8-7-16-15(14(2)22)5-6-17(16)18(19)10-11-21(20,3)12-13/h13,15-20H,4-12H2,1-3H3/t13-,15-,16?,17?,18?,19?,20+,21+/m0/s1. The van der Waals surface area contributed by atoms with Crippen molar-refractivity contribution in [3.63, 3.8) is 0 Å². The van der Waals surface area contributed by atoms with Crippen LogP contribution < -0.4 is 0 Å². The molecule has 4 saturated carbocycles. The lowest BCUT2D eigenvalue weighted by molar-refractivity contribution is -0.124. The molecule has 0 aromatic heterocycles. The summed E-state index contributed by atoms with van der Waals surface area (Å²) in [6.07, 6.45) is 12.7. The average Bonchev–Trinajstić information content (AvgIpc) is 2.89. The van der Waals surface area contributed by atoms with E-state index in [0.717, 1.165) is 35.5 Å². The number of hydrogen-bond acceptors (Lipinski definition) is 1. The third-order valence-corrected chi connectivity index (χ3v) is 8.58. The second-order valence-electron chi connectivity index (χ2n) is 9.71. The first-order valence-electron chi connectivity index (χ1n) is 10.00. The van der Waals surface area contributed by atoms with Crippen molar-refractivity contribution < 1.29 is 4.79 Å². The molecule has 0 N–H and O–H groups in total. The molecule has 0 spiro atoms. The number of hydrogen-bond donors (Lipinski definition) is 0. The van der Waals surface area contributed by atoms with Gasteiger partial charge in [0.15, 0.2) is 0 Å². The van der Waals surface area contributed by atoms with Crippen LogP contribution in [-0.2, 0) is 4.79 Å². The van der Waals surface area contributed by atoms with Gasteiger partial charge in [0.05, 0.1) is 0 Å². The monoisotopic (exact) mass is 302 g/mol. The fourth-order valence-corrected chi connectivity index (χ4v) is 7.77. The van der Waals surface area contributed by atoms with Gasteiger partial charge in [-0.15, -0.1) is 0 Å². The molecule has 22 heavy (non-hydrogen) atoms. The zero-order valence-electron chi connectivity index (χ0n) is 14.8. The largest absolute Gasteiger partial charge is 0.300 e. The van der Waals surface area contributed by atoms with Gasteiger partial charge in [-0.2, -0.15) is 0 Å². The maximum Gasteiger partial charge on any atom is 0.133 e. The fraction of sp³-hybridized carbons (Fsp3) is 0.952. The number of carbonyl (C=O) groups is 1. The van der Waals surface area contributed by atoms with Crippen molar-refractivity contribution in [1.29, 1.82) is 0 Å². The lowest BCUT2D eigenvalue weighted by Gasteiger charge is -2.57. The summed E-state index contributed by atoms with van der Waals surface area (Å²) in [5.41, 5.74) is 0.643. The van der Waals surface area contributed by atoms with Crippen LogP contribution in [0.2, 0.25) is 0 Å². The Morgan fingerprint density at radius 2 is 1.55 bits per heavy atom. The van der Waals surface area contributed by atoms with E-state index < -0.39 is 0 Å². The lowest BCUT2D eigenvalue weighted by atomic mass is 9.48. The molecule has 124 valence electrons. The molecule has 0 aliphatic heterocycles. The van der Waals surface area contributed by atoms with Gasteiger partial charge in [-0.3, -0.25) is 4.79 Å². The highest BCUT2D eigenvalue weighted by Gasteiger charge is 2.55. The van der Waals surface area contributed by atoms with E-state index in [0.29, 0.717) is 17.1 Å². The first-order chi connectivity index (χ1) is 10.5. The molecule has 0 saturated heterocycles. The van der Waals surface area contributed by atoms with Crippen molar-refractivity contribution in [3.8, 4) is 0 Å². The molecular formula is C21H34O. The maximum absolute atomic E-state index is 12.0. The van der Waals surface area contributed by atoms with Crippen molar-refractivity contribution in [2.45, 2.75) is 78.6 Å². The minimum atomic E-state index is 0.422. The van der Waals surface area contributed by atoms with Gasteiger partial charge in [0.1, 0.15) is 5.78 Å². The van der Waals surface area contributed by atoms with Gasteiger partial charge in [0.25, 0.3) is 0 Å². The summed E-state index contributed by atoms with van der Waals surface area (Å²) in [6.45, 7) is 6.93. The van der Waals surface area contributed by atoms with Crippen LogP contribution in [0.4, 0.5) is 0 Å². The molecule has 0 aromatic rings. The van der Waals surface area contributed by atoms with Gasteiger partial charge in [-0.1, -0.05) is 20.3 Å². The summed E-state index contributed by atoms with van der Waals surface area (Å²) in [5.74, 6) is 6.47. The zero-order valence-corrected chi connectivity index (χ0v) is 14.8. The van der Waals surface area contributed by atoms with E-state index in [1.165, 1.54) is 57.8 Å². The Labute approximate surface area is 136 Å². The third kappa shape index (κ3) is 2.21. The summed E-state index contributed by atoms with van der Waals surface area (Å²) < 4.78 is 0. The predicted octanol–water partition coefficient (Wildman–Crippen LogP) is 5.48. The summed E-state index contributed by atoms with van der Waals surface area (Å²) in [5, 5.41) is 0. The molecule has 0 radical (unpaired) electrons. The highest BCUT2D eigenvalue weighted by atomic mass is 16.1. The van der Waals surface area contributed by atoms with E-state index in [4.69, 9.17) is 0 Å². The van der Waals surface area contributed by atoms with Gasteiger partial charge in [-0.25, -0.2) is 0 Å². The topological polar surface area (TPSA) is 17.1 Å². The van der Waals surface area contributed by atoms with Crippen molar-refractivity contribution >= 4 is 5.78 Å². The SMILES string of the molecule is CC(=O)[C@@H]1CCC2C3CC[C@]4(C)C[C@@H](C)CC[C@@H]4C3CCC21. The van der Waals surface area contributed by atoms with E-state index in [-0.39, 0.29) is 0 Å². The van der Waals surface area contributed by atoms with Crippen LogP contribution in [0.5, 0.6) is 0 Å². The molecule has 4 aliphatic rings. The number of carbonyl (C=O) groups excluding carboxylic acids is 1. The molecule has 4 rings (SSSR count). The molecule has 4 aliphatic carbocycles. The van der Waals surface area contributed by atoms with Gasteiger partial charge >= 0.3 is 0 Å². The number of rotatable bonds is 1. The van der Waals surface area contributed by atoms with Crippen LogP contribution in [0.3, 0.4) is 0 Å². The molecule has 4 unspecified atom stereocenters. The van der Waals surface area contributed by atoms with Crippen molar-refractivity contribution in [2.24, 2.45) is 46.8 Å². The quantitative estimate of drug-likeness (QED) is 0.627. The smallest absolute Gasteiger partial charge is 0.133 e. The number of Topliss-reactive ketones (excluding diaryl/α,β-unsaturated/α-hetero) is 1. The highest BCUT2D eigenvalue weighted by Crippen LogP contribution is 2.63. The Bertz CT molecular complexity index is 455. The summed E-state index contributed by atoms with van der Waals surface area (Å²) in [7, 11) is 0. The Kier molecular flexibility index (Phi) is 3.70. The second kappa shape index (κ2) is 5.35.